The molecule has 0 aliphatic rings. The molecule has 1 heterocycles. The fourth-order valence-corrected chi connectivity index (χ4v) is 2.50. The van der Waals surface area contributed by atoms with Crippen LogP contribution in [0.2, 0.25) is 0 Å². The van der Waals surface area contributed by atoms with Crippen molar-refractivity contribution in [2.75, 3.05) is 0 Å². The first-order chi connectivity index (χ1) is 8.02. The van der Waals surface area contributed by atoms with Gasteiger partial charge < -0.3 is 9.67 Å². The zero-order chi connectivity index (χ0) is 12.6. The molecule has 2 rings (SSSR count). The normalized spacial score (nSPS) is 11.3. The van der Waals surface area contributed by atoms with Crippen LogP contribution in [0.15, 0.2) is 24.3 Å². The molecular formula is C14H17NO2. The average molecular weight is 231 g/mol. The van der Waals surface area contributed by atoms with Crippen LogP contribution < -0.4 is 0 Å². The van der Waals surface area contributed by atoms with Crippen molar-refractivity contribution >= 4 is 16.9 Å². The maximum Gasteiger partial charge on any atom is 0.307 e. The number of para-hydroxylation sites is 1. The molecule has 1 aromatic carbocycles. The molecule has 0 radical (unpaired) electrons. The first-order valence-corrected chi connectivity index (χ1v) is 5.82. The van der Waals surface area contributed by atoms with Crippen LogP contribution in [0.5, 0.6) is 0 Å². The second kappa shape index (κ2) is 4.24. The molecule has 0 saturated carbocycles. The van der Waals surface area contributed by atoms with Crippen molar-refractivity contribution in [1.82, 2.24) is 4.57 Å². The lowest BCUT2D eigenvalue weighted by Gasteiger charge is -2.12. The predicted molar refractivity (Wildman–Crippen MR) is 68.4 cm³/mol. The Bertz CT molecular complexity index is 567. The third kappa shape index (κ3) is 1.93. The number of benzene rings is 1. The van der Waals surface area contributed by atoms with E-state index in [0.29, 0.717) is 6.04 Å². The molecule has 0 amide bonds. The molecule has 0 fully saturated rings. The van der Waals surface area contributed by atoms with Crippen LogP contribution in [0.4, 0.5) is 0 Å². The van der Waals surface area contributed by atoms with Crippen LogP contribution in [-0.2, 0) is 11.2 Å². The van der Waals surface area contributed by atoms with Gasteiger partial charge in [-0.1, -0.05) is 18.2 Å². The van der Waals surface area contributed by atoms with Crippen molar-refractivity contribution in [1.29, 1.82) is 0 Å². The Morgan fingerprint density at radius 2 is 2.00 bits per heavy atom. The molecule has 3 heteroatoms. The summed E-state index contributed by atoms with van der Waals surface area (Å²) < 4.78 is 2.20. The van der Waals surface area contributed by atoms with Crippen molar-refractivity contribution in [2.45, 2.75) is 33.2 Å². The summed E-state index contributed by atoms with van der Waals surface area (Å²) in [5.74, 6) is -0.778. The van der Waals surface area contributed by atoms with Gasteiger partial charge in [0.25, 0.3) is 0 Å². The molecular weight excluding hydrogens is 214 g/mol. The van der Waals surface area contributed by atoms with E-state index in [1.807, 2.05) is 31.2 Å². The number of aromatic nitrogens is 1. The average Bonchev–Trinajstić information content (AvgIpc) is 2.52. The smallest absolute Gasteiger partial charge is 0.307 e. The van der Waals surface area contributed by atoms with E-state index in [1.54, 1.807) is 0 Å². The largest absolute Gasteiger partial charge is 0.481 e. The van der Waals surface area contributed by atoms with Crippen LogP contribution in [0.1, 0.15) is 31.1 Å². The van der Waals surface area contributed by atoms with Gasteiger partial charge in [-0.3, -0.25) is 4.79 Å². The van der Waals surface area contributed by atoms with Gasteiger partial charge in [0, 0.05) is 22.6 Å². The summed E-state index contributed by atoms with van der Waals surface area (Å²) >= 11 is 0. The Balaban J connectivity index is 2.74. The highest BCUT2D eigenvalue weighted by atomic mass is 16.4. The number of hydrogen-bond donors (Lipinski definition) is 1. The van der Waals surface area contributed by atoms with Crippen molar-refractivity contribution < 1.29 is 9.90 Å². The Hall–Kier alpha value is -1.77. The molecule has 0 atom stereocenters. The van der Waals surface area contributed by atoms with E-state index < -0.39 is 5.97 Å². The van der Waals surface area contributed by atoms with Crippen molar-refractivity contribution in [3.05, 3.63) is 35.5 Å². The topological polar surface area (TPSA) is 42.2 Å². The summed E-state index contributed by atoms with van der Waals surface area (Å²) in [5, 5.41) is 10.0. The second-order valence-electron chi connectivity index (χ2n) is 4.62. The molecule has 17 heavy (non-hydrogen) atoms. The van der Waals surface area contributed by atoms with E-state index in [4.69, 9.17) is 5.11 Å². The SMILES string of the molecule is Cc1c(CC(=O)O)c2ccccc2n1C(C)C. The second-order valence-corrected chi connectivity index (χ2v) is 4.62. The third-order valence-corrected chi connectivity index (χ3v) is 3.13. The molecule has 90 valence electrons. The number of rotatable bonds is 3. The molecule has 2 aromatic rings. The highest BCUT2D eigenvalue weighted by Gasteiger charge is 2.16. The molecule has 3 nitrogen and oxygen atoms in total. The Morgan fingerprint density at radius 1 is 1.35 bits per heavy atom. The number of hydrogen-bond acceptors (Lipinski definition) is 1. The van der Waals surface area contributed by atoms with E-state index in [0.717, 1.165) is 22.2 Å². The summed E-state index contributed by atoms with van der Waals surface area (Å²) in [5.41, 5.74) is 3.11. The lowest BCUT2D eigenvalue weighted by molar-refractivity contribution is -0.136. The van der Waals surface area contributed by atoms with Gasteiger partial charge in [0.1, 0.15) is 0 Å². The number of carboxylic acids is 1. The highest BCUT2D eigenvalue weighted by molar-refractivity contribution is 5.89. The standard InChI is InChI=1S/C14H17NO2/c1-9(2)15-10(3)12(8-14(16)17)11-6-4-5-7-13(11)15/h4-7,9H,8H2,1-3H3,(H,16,17). The van der Waals surface area contributed by atoms with E-state index in [2.05, 4.69) is 18.4 Å². The molecule has 1 N–H and O–H groups in total. The fourth-order valence-electron chi connectivity index (χ4n) is 2.50. The van der Waals surface area contributed by atoms with Crippen LogP contribution in [0, 0.1) is 6.92 Å². The van der Waals surface area contributed by atoms with Crippen LogP contribution >= 0.6 is 0 Å². The summed E-state index contributed by atoms with van der Waals surface area (Å²) in [6.45, 7) is 6.23. The van der Waals surface area contributed by atoms with Crippen molar-refractivity contribution in [3.8, 4) is 0 Å². The highest BCUT2D eigenvalue weighted by Crippen LogP contribution is 2.29. The minimum Gasteiger partial charge on any atom is -0.481 e. The quantitative estimate of drug-likeness (QED) is 0.881. The summed E-state index contributed by atoms with van der Waals surface area (Å²) in [4.78, 5) is 10.9. The van der Waals surface area contributed by atoms with Gasteiger partial charge in [-0.2, -0.15) is 0 Å². The predicted octanol–water partition coefficient (Wildman–Crippen LogP) is 3.16. The number of nitrogens with zero attached hydrogens (tertiary/aromatic N) is 1. The maximum absolute atomic E-state index is 10.9. The number of carboxylic acid groups (broad SMARTS) is 1. The first kappa shape index (κ1) is 11.7. The molecule has 0 aliphatic carbocycles. The summed E-state index contributed by atoms with van der Waals surface area (Å²) in [6.07, 6.45) is 0.0894. The van der Waals surface area contributed by atoms with Gasteiger partial charge in [0.15, 0.2) is 0 Å². The van der Waals surface area contributed by atoms with Crippen LogP contribution in [0.25, 0.3) is 10.9 Å². The van der Waals surface area contributed by atoms with E-state index in [1.165, 1.54) is 0 Å². The summed E-state index contributed by atoms with van der Waals surface area (Å²) in [6, 6.07) is 8.33. The molecule has 0 spiro atoms. The monoisotopic (exact) mass is 231 g/mol. The lowest BCUT2D eigenvalue weighted by atomic mass is 10.1. The van der Waals surface area contributed by atoms with Crippen LogP contribution in [-0.4, -0.2) is 15.6 Å². The number of aliphatic carboxylic acids is 1. The Kier molecular flexibility index (Phi) is 2.92. The Morgan fingerprint density at radius 3 is 2.59 bits per heavy atom. The first-order valence-electron chi connectivity index (χ1n) is 5.82. The fraction of sp³-hybridized carbons (Fsp3) is 0.357. The van der Waals surface area contributed by atoms with Crippen molar-refractivity contribution in [3.63, 3.8) is 0 Å². The molecule has 0 aliphatic heterocycles. The van der Waals surface area contributed by atoms with Gasteiger partial charge >= 0.3 is 5.97 Å². The van der Waals surface area contributed by atoms with E-state index in [-0.39, 0.29) is 6.42 Å². The van der Waals surface area contributed by atoms with Gasteiger partial charge in [-0.05, 0) is 32.4 Å². The minimum absolute atomic E-state index is 0.0894. The Labute approximate surface area is 101 Å². The molecule has 0 bridgehead atoms. The van der Waals surface area contributed by atoms with Gasteiger partial charge in [-0.25, -0.2) is 0 Å². The minimum atomic E-state index is -0.778. The lowest BCUT2D eigenvalue weighted by Crippen LogP contribution is -2.05. The zero-order valence-corrected chi connectivity index (χ0v) is 10.4. The third-order valence-electron chi connectivity index (χ3n) is 3.13. The zero-order valence-electron chi connectivity index (χ0n) is 10.4. The van der Waals surface area contributed by atoms with E-state index in [9.17, 15) is 4.79 Å². The van der Waals surface area contributed by atoms with Gasteiger partial charge in [0.05, 0.1) is 6.42 Å². The molecule has 1 aromatic heterocycles. The van der Waals surface area contributed by atoms with Crippen LogP contribution in [0.3, 0.4) is 0 Å². The molecule has 0 unspecified atom stereocenters. The number of fused-ring (bicyclic) bond motifs is 1. The van der Waals surface area contributed by atoms with E-state index >= 15 is 0 Å². The van der Waals surface area contributed by atoms with Gasteiger partial charge in [-0.15, -0.1) is 0 Å². The molecule has 0 saturated heterocycles. The summed E-state index contributed by atoms with van der Waals surface area (Å²) in [7, 11) is 0. The number of carbonyl (C=O) groups is 1. The van der Waals surface area contributed by atoms with Crippen molar-refractivity contribution in [2.24, 2.45) is 0 Å². The van der Waals surface area contributed by atoms with Gasteiger partial charge in [0.2, 0.25) is 0 Å². The maximum atomic E-state index is 10.9.